The van der Waals surface area contributed by atoms with Crippen LogP contribution in [0.25, 0.3) is 0 Å². The third-order valence-corrected chi connectivity index (χ3v) is 4.65. The lowest BCUT2D eigenvalue weighted by molar-refractivity contribution is 0.0657. The van der Waals surface area contributed by atoms with Gasteiger partial charge < -0.3 is 10.1 Å². The number of nitrogens with one attached hydrogen (secondary N) is 1. The summed E-state index contributed by atoms with van der Waals surface area (Å²) in [6, 6.07) is 15.9. The Hall–Kier alpha value is -2.17. The molecule has 0 spiro atoms. The minimum atomic E-state index is -0.0519. The Morgan fingerprint density at radius 2 is 1.63 bits per heavy atom. The van der Waals surface area contributed by atoms with Gasteiger partial charge >= 0.3 is 0 Å². The quantitative estimate of drug-likeness (QED) is 0.676. The van der Waals surface area contributed by atoms with Crippen LogP contribution in [0.1, 0.15) is 54.7 Å². The molecular weight excluding hydrogens is 336 g/mol. The normalized spacial score (nSPS) is 11.2. The first-order chi connectivity index (χ1) is 13.0. The molecule has 0 atom stereocenters. The second-order valence-electron chi connectivity index (χ2n) is 6.97. The van der Waals surface area contributed by atoms with Crippen LogP contribution in [0.3, 0.4) is 0 Å². The molecule has 1 N–H and O–H groups in total. The van der Waals surface area contributed by atoms with Crippen molar-refractivity contribution in [3.63, 3.8) is 0 Å². The van der Waals surface area contributed by atoms with Gasteiger partial charge in [-0.3, -0.25) is 9.69 Å². The molecule has 0 saturated heterocycles. The van der Waals surface area contributed by atoms with E-state index in [0.717, 1.165) is 25.2 Å². The lowest BCUT2D eigenvalue weighted by Gasteiger charge is -2.20. The van der Waals surface area contributed by atoms with E-state index in [1.54, 1.807) is 0 Å². The molecule has 0 heterocycles. The van der Waals surface area contributed by atoms with E-state index in [-0.39, 0.29) is 12.0 Å². The van der Waals surface area contributed by atoms with Crippen molar-refractivity contribution in [2.75, 3.05) is 13.1 Å². The maximum absolute atomic E-state index is 12.5. The van der Waals surface area contributed by atoms with E-state index in [1.165, 1.54) is 11.1 Å². The maximum atomic E-state index is 12.5. The topological polar surface area (TPSA) is 41.6 Å². The van der Waals surface area contributed by atoms with Crippen LogP contribution in [0.4, 0.5) is 0 Å². The highest BCUT2D eigenvalue weighted by Gasteiger charge is 2.09. The molecule has 0 radical (unpaired) electrons. The van der Waals surface area contributed by atoms with E-state index in [9.17, 15) is 4.79 Å². The average Bonchev–Trinajstić information content (AvgIpc) is 2.69. The van der Waals surface area contributed by atoms with Crippen molar-refractivity contribution in [3.05, 3.63) is 70.8 Å². The molecule has 0 aliphatic rings. The summed E-state index contributed by atoms with van der Waals surface area (Å²) in [6.45, 7) is 12.4. The molecule has 2 rings (SSSR count). The summed E-state index contributed by atoms with van der Waals surface area (Å²) in [4.78, 5) is 14.9. The maximum Gasteiger partial charge on any atom is 0.251 e. The molecule has 4 heteroatoms. The number of rotatable bonds is 10. The number of amides is 1. The van der Waals surface area contributed by atoms with E-state index >= 15 is 0 Å². The van der Waals surface area contributed by atoms with E-state index in [1.807, 2.05) is 44.2 Å². The fraction of sp³-hybridized carbons (Fsp3) is 0.435. The highest BCUT2D eigenvalue weighted by Crippen LogP contribution is 2.13. The van der Waals surface area contributed by atoms with Crippen molar-refractivity contribution in [2.45, 2.75) is 53.5 Å². The van der Waals surface area contributed by atoms with Crippen LogP contribution in [0, 0.1) is 0 Å². The van der Waals surface area contributed by atoms with Crippen molar-refractivity contribution >= 4 is 5.91 Å². The summed E-state index contributed by atoms with van der Waals surface area (Å²) in [5.74, 6) is -0.0519. The number of nitrogens with zero attached hydrogens (tertiary/aromatic N) is 1. The van der Waals surface area contributed by atoms with Crippen LogP contribution < -0.4 is 5.32 Å². The van der Waals surface area contributed by atoms with Crippen LogP contribution in [-0.2, 0) is 24.4 Å². The zero-order valence-electron chi connectivity index (χ0n) is 17.0. The molecule has 0 fully saturated rings. The smallest absolute Gasteiger partial charge is 0.251 e. The van der Waals surface area contributed by atoms with Crippen LogP contribution in [0.15, 0.2) is 48.5 Å². The number of ether oxygens (including phenoxy) is 1. The highest BCUT2D eigenvalue weighted by atomic mass is 16.5. The first-order valence-electron chi connectivity index (χ1n) is 9.81. The molecule has 0 aliphatic heterocycles. The van der Waals surface area contributed by atoms with Gasteiger partial charge in [0.2, 0.25) is 0 Å². The number of hydrogen-bond donors (Lipinski definition) is 1. The summed E-state index contributed by atoms with van der Waals surface area (Å²) >= 11 is 0. The first-order valence-corrected chi connectivity index (χ1v) is 9.81. The zero-order valence-corrected chi connectivity index (χ0v) is 17.0. The Labute approximate surface area is 163 Å². The molecule has 1 amide bonds. The van der Waals surface area contributed by atoms with Gasteiger partial charge in [-0.15, -0.1) is 0 Å². The van der Waals surface area contributed by atoms with E-state index < -0.39 is 0 Å². The van der Waals surface area contributed by atoms with Gasteiger partial charge in [0.15, 0.2) is 0 Å². The van der Waals surface area contributed by atoms with Gasteiger partial charge in [0.25, 0.3) is 5.91 Å². The molecule has 0 unspecified atom stereocenters. The molecule has 146 valence electrons. The average molecular weight is 369 g/mol. The van der Waals surface area contributed by atoms with Gasteiger partial charge in [0.1, 0.15) is 0 Å². The zero-order chi connectivity index (χ0) is 19.6. The summed E-state index contributed by atoms with van der Waals surface area (Å²) in [7, 11) is 0. The Kier molecular flexibility index (Phi) is 8.49. The van der Waals surface area contributed by atoms with Crippen LogP contribution in [-0.4, -0.2) is 30.0 Å². The summed E-state index contributed by atoms with van der Waals surface area (Å²) in [5.41, 5.74) is 4.18. The Morgan fingerprint density at radius 1 is 1.00 bits per heavy atom. The standard InChI is InChI=1S/C23H32N2O2/c1-5-25(6-2)16-22-10-8-7-9-21(22)15-24-23(26)20-13-11-19(12-14-20)17-27-18(3)4/h7-14,18H,5-6,15-17H2,1-4H3,(H,24,26). The molecule has 0 aliphatic carbocycles. The second-order valence-corrected chi connectivity index (χ2v) is 6.97. The van der Waals surface area contributed by atoms with Crippen LogP contribution in [0.2, 0.25) is 0 Å². The van der Waals surface area contributed by atoms with Crippen molar-refractivity contribution < 1.29 is 9.53 Å². The third kappa shape index (κ3) is 6.81. The Morgan fingerprint density at radius 3 is 2.22 bits per heavy atom. The molecule has 0 bridgehead atoms. The highest BCUT2D eigenvalue weighted by molar-refractivity contribution is 5.94. The summed E-state index contributed by atoms with van der Waals surface area (Å²) in [5, 5.41) is 3.05. The van der Waals surface area contributed by atoms with E-state index in [0.29, 0.717) is 18.7 Å². The lowest BCUT2D eigenvalue weighted by atomic mass is 10.1. The van der Waals surface area contributed by atoms with Gasteiger partial charge in [-0.05, 0) is 55.8 Å². The summed E-state index contributed by atoms with van der Waals surface area (Å²) in [6.07, 6.45) is 0.199. The van der Waals surface area contributed by atoms with Gasteiger partial charge in [0.05, 0.1) is 12.7 Å². The van der Waals surface area contributed by atoms with Gasteiger partial charge in [-0.1, -0.05) is 50.2 Å². The number of carbonyl (C=O) groups excluding carboxylic acids is 1. The Balaban J connectivity index is 1.95. The van der Waals surface area contributed by atoms with Crippen molar-refractivity contribution in [2.24, 2.45) is 0 Å². The molecule has 2 aromatic rings. The van der Waals surface area contributed by atoms with Crippen LogP contribution in [0.5, 0.6) is 0 Å². The molecule has 0 saturated carbocycles. The predicted molar refractivity (Wildman–Crippen MR) is 111 cm³/mol. The predicted octanol–water partition coefficient (Wildman–Crippen LogP) is 4.38. The number of benzene rings is 2. The minimum Gasteiger partial charge on any atom is -0.374 e. The van der Waals surface area contributed by atoms with Crippen LogP contribution >= 0.6 is 0 Å². The first kappa shape index (κ1) is 21.1. The number of hydrogen-bond acceptors (Lipinski definition) is 3. The largest absolute Gasteiger partial charge is 0.374 e. The SMILES string of the molecule is CCN(CC)Cc1ccccc1CNC(=O)c1ccc(COC(C)C)cc1. The lowest BCUT2D eigenvalue weighted by Crippen LogP contribution is -2.26. The molecule has 27 heavy (non-hydrogen) atoms. The minimum absolute atomic E-state index is 0.0519. The summed E-state index contributed by atoms with van der Waals surface area (Å²) < 4.78 is 5.59. The van der Waals surface area contributed by atoms with Crippen molar-refractivity contribution in [1.82, 2.24) is 10.2 Å². The fourth-order valence-corrected chi connectivity index (χ4v) is 2.87. The third-order valence-electron chi connectivity index (χ3n) is 4.65. The van der Waals surface area contributed by atoms with Crippen molar-refractivity contribution in [1.29, 1.82) is 0 Å². The monoisotopic (exact) mass is 368 g/mol. The fourth-order valence-electron chi connectivity index (χ4n) is 2.87. The van der Waals surface area contributed by atoms with Gasteiger partial charge in [-0.2, -0.15) is 0 Å². The second kappa shape index (κ2) is 10.9. The molecule has 4 nitrogen and oxygen atoms in total. The van der Waals surface area contributed by atoms with E-state index in [4.69, 9.17) is 4.74 Å². The van der Waals surface area contributed by atoms with E-state index in [2.05, 4.69) is 42.3 Å². The Bertz CT molecular complexity index is 707. The van der Waals surface area contributed by atoms with Gasteiger partial charge in [-0.25, -0.2) is 0 Å². The molecule has 0 aromatic heterocycles. The number of carbonyl (C=O) groups is 1. The van der Waals surface area contributed by atoms with Crippen molar-refractivity contribution in [3.8, 4) is 0 Å². The van der Waals surface area contributed by atoms with Gasteiger partial charge in [0, 0.05) is 18.7 Å². The molecular formula is C23H32N2O2. The molecule has 2 aromatic carbocycles.